The Morgan fingerprint density at radius 3 is 2.70 bits per heavy atom. The second-order valence-corrected chi connectivity index (χ2v) is 3.11. The van der Waals surface area contributed by atoms with Crippen LogP contribution in [-0.2, 0) is 0 Å². The van der Waals surface area contributed by atoms with Crippen molar-refractivity contribution in [3.05, 3.63) is 0 Å². The summed E-state index contributed by atoms with van der Waals surface area (Å²) >= 11 is 0. The molecule has 0 spiro atoms. The molecule has 3 nitrogen and oxygen atoms in total. The van der Waals surface area contributed by atoms with Gasteiger partial charge in [0.2, 0.25) is 0 Å². The molecule has 1 unspecified atom stereocenters. The van der Waals surface area contributed by atoms with Gasteiger partial charge >= 0.3 is 0 Å². The van der Waals surface area contributed by atoms with Crippen LogP contribution in [0.2, 0.25) is 0 Å². The highest BCUT2D eigenvalue weighted by Gasteiger charge is 2.26. The molecule has 0 aromatic carbocycles. The number of aliphatic hydroxyl groups is 1. The van der Waals surface area contributed by atoms with E-state index in [1.807, 2.05) is 0 Å². The maximum absolute atomic E-state index is 8.63. The molecule has 10 heavy (non-hydrogen) atoms. The number of hydrogen-bond acceptors (Lipinski definition) is 3. The first-order chi connectivity index (χ1) is 4.74. The maximum atomic E-state index is 8.63. The van der Waals surface area contributed by atoms with Crippen LogP contribution >= 0.6 is 0 Å². The molecule has 1 aliphatic rings. The van der Waals surface area contributed by atoms with Gasteiger partial charge in [-0.05, 0) is 19.9 Å². The Balaban J connectivity index is 2.10. The first kappa shape index (κ1) is 7.98. The number of nitrogens with zero attached hydrogens (tertiary/aromatic N) is 1. The van der Waals surface area contributed by atoms with Crippen LogP contribution in [-0.4, -0.2) is 42.3 Å². The van der Waals surface area contributed by atoms with Crippen LogP contribution in [0.5, 0.6) is 0 Å². The molecule has 0 bridgehead atoms. The zero-order chi connectivity index (χ0) is 7.56. The highest BCUT2D eigenvalue weighted by atomic mass is 16.3. The summed E-state index contributed by atoms with van der Waals surface area (Å²) in [5.41, 5.74) is 5.55. The lowest BCUT2D eigenvalue weighted by molar-refractivity contribution is 0.218. The van der Waals surface area contributed by atoms with Crippen LogP contribution in [0.3, 0.4) is 0 Å². The molecule has 1 atom stereocenters. The number of hydrogen-bond donors (Lipinski definition) is 2. The Morgan fingerprint density at radius 1 is 1.70 bits per heavy atom. The number of rotatable bonds is 4. The Hall–Kier alpha value is -0.120. The molecular weight excluding hydrogens is 128 g/mol. The number of aliphatic hydroxyl groups excluding tert-OH is 1. The van der Waals surface area contributed by atoms with Crippen LogP contribution in [0.4, 0.5) is 0 Å². The Bertz CT molecular complexity index is 104. The molecule has 1 saturated carbocycles. The van der Waals surface area contributed by atoms with Gasteiger partial charge in [-0.3, -0.25) is 0 Å². The van der Waals surface area contributed by atoms with Gasteiger partial charge in [-0.2, -0.15) is 0 Å². The molecule has 0 aromatic rings. The van der Waals surface area contributed by atoms with E-state index >= 15 is 0 Å². The van der Waals surface area contributed by atoms with Crippen molar-refractivity contribution in [3.8, 4) is 0 Å². The minimum atomic E-state index is -0.0643. The summed E-state index contributed by atoms with van der Waals surface area (Å²) in [5, 5.41) is 8.63. The van der Waals surface area contributed by atoms with Gasteiger partial charge in [-0.15, -0.1) is 0 Å². The molecule has 0 heterocycles. The summed E-state index contributed by atoms with van der Waals surface area (Å²) in [5.74, 6) is 0. The molecule has 0 radical (unpaired) electrons. The van der Waals surface area contributed by atoms with Gasteiger partial charge in [0.25, 0.3) is 0 Å². The quantitative estimate of drug-likeness (QED) is 0.554. The summed E-state index contributed by atoms with van der Waals surface area (Å²) in [6.45, 7) is 0.915. The van der Waals surface area contributed by atoms with Crippen molar-refractivity contribution in [2.75, 3.05) is 20.2 Å². The molecule has 3 N–H and O–H groups in total. The van der Waals surface area contributed by atoms with E-state index in [1.165, 1.54) is 12.8 Å². The molecular formula is C7H16N2O. The summed E-state index contributed by atoms with van der Waals surface area (Å²) in [4.78, 5) is 2.22. The van der Waals surface area contributed by atoms with Crippen LogP contribution in [0.25, 0.3) is 0 Å². The van der Waals surface area contributed by atoms with Crippen molar-refractivity contribution >= 4 is 0 Å². The van der Waals surface area contributed by atoms with Gasteiger partial charge < -0.3 is 15.7 Å². The molecule has 0 aromatic heterocycles. The van der Waals surface area contributed by atoms with Crippen molar-refractivity contribution in [1.29, 1.82) is 0 Å². The fraction of sp³-hybridized carbons (Fsp3) is 1.00. The summed E-state index contributed by atoms with van der Waals surface area (Å²) < 4.78 is 0. The van der Waals surface area contributed by atoms with Crippen molar-refractivity contribution in [2.45, 2.75) is 24.9 Å². The molecule has 0 saturated heterocycles. The van der Waals surface area contributed by atoms with E-state index in [1.54, 1.807) is 0 Å². The Labute approximate surface area is 61.8 Å². The molecule has 0 amide bonds. The topological polar surface area (TPSA) is 49.5 Å². The monoisotopic (exact) mass is 144 g/mol. The van der Waals surface area contributed by atoms with Crippen molar-refractivity contribution < 1.29 is 5.11 Å². The van der Waals surface area contributed by atoms with Gasteiger partial charge in [0, 0.05) is 18.6 Å². The van der Waals surface area contributed by atoms with Crippen LogP contribution < -0.4 is 5.73 Å². The lowest BCUT2D eigenvalue weighted by Crippen LogP contribution is -2.38. The SMILES string of the molecule is CN(CC(N)CO)C1CC1. The highest BCUT2D eigenvalue weighted by molar-refractivity contribution is 4.83. The second-order valence-electron chi connectivity index (χ2n) is 3.11. The minimum Gasteiger partial charge on any atom is -0.395 e. The van der Waals surface area contributed by atoms with Gasteiger partial charge in [0.1, 0.15) is 0 Å². The lowest BCUT2D eigenvalue weighted by atomic mass is 10.3. The first-order valence-corrected chi connectivity index (χ1v) is 3.80. The molecule has 3 heteroatoms. The third-order valence-electron chi connectivity index (χ3n) is 1.93. The van der Waals surface area contributed by atoms with E-state index in [2.05, 4.69) is 11.9 Å². The fourth-order valence-electron chi connectivity index (χ4n) is 1.09. The van der Waals surface area contributed by atoms with Crippen molar-refractivity contribution in [1.82, 2.24) is 4.90 Å². The first-order valence-electron chi connectivity index (χ1n) is 3.80. The largest absolute Gasteiger partial charge is 0.395 e. The average molecular weight is 144 g/mol. The molecule has 60 valence electrons. The number of nitrogens with two attached hydrogens (primary N) is 1. The predicted molar refractivity (Wildman–Crippen MR) is 40.7 cm³/mol. The minimum absolute atomic E-state index is 0.0643. The van der Waals surface area contributed by atoms with Gasteiger partial charge in [-0.1, -0.05) is 0 Å². The third kappa shape index (κ3) is 2.25. The molecule has 1 fully saturated rings. The zero-order valence-corrected chi connectivity index (χ0v) is 6.45. The van der Waals surface area contributed by atoms with E-state index in [-0.39, 0.29) is 12.6 Å². The van der Waals surface area contributed by atoms with Crippen LogP contribution in [0, 0.1) is 0 Å². The summed E-state index contributed by atoms with van der Waals surface area (Å²) in [7, 11) is 2.06. The van der Waals surface area contributed by atoms with E-state index in [0.29, 0.717) is 0 Å². The van der Waals surface area contributed by atoms with Crippen LogP contribution in [0.15, 0.2) is 0 Å². The Morgan fingerprint density at radius 2 is 2.30 bits per heavy atom. The molecule has 0 aliphatic heterocycles. The standard InChI is InChI=1S/C7H16N2O/c1-9(7-2-3-7)4-6(8)5-10/h6-7,10H,2-5,8H2,1H3. The zero-order valence-electron chi connectivity index (χ0n) is 6.45. The summed E-state index contributed by atoms with van der Waals surface area (Å²) in [6.07, 6.45) is 2.60. The van der Waals surface area contributed by atoms with Crippen LogP contribution in [0.1, 0.15) is 12.8 Å². The van der Waals surface area contributed by atoms with Crippen molar-refractivity contribution in [3.63, 3.8) is 0 Å². The van der Waals surface area contributed by atoms with Crippen molar-refractivity contribution in [2.24, 2.45) is 5.73 Å². The number of likely N-dealkylation sites (N-methyl/N-ethyl adjacent to an activating group) is 1. The third-order valence-corrected chi connectivity index (χ3v) is 1.93. The second kappa shape index (κ2) is 3.32. The normalized spacial score (nSPS) is 21.6. The van der Waals surface area contributed by atoms with E-state index in [0.717, 1.165) is 12.6 Å². The molecule has 1 aliphatic carbocycles. The molecule has 1 rings (SSSR count). The van der Waals surface area contributed by atoms with E-state index in [9.17, 15) is 0 Å². The Kier molecular flexibility index (Phi) is 2.65. The van der Waals surface area contributed by atoms with E-state index in [4.69, 9.17) is 10.8 Å². The smallest absolute Gasteiger partial charge is 0.0595 e. The fourth-order valence-corrected chi connectivity index (χ4v) is 1.09. The van der Waals surface area contributed by atoms with Gasteiger partial charge in [0.05, 0.1) is 6.61 Å². The average Bonchev–Trinajstić information content (AvgIpc) is 2.68. The lowest BCUT2D eigenvalue weighted by Gasteiger charge is -2.18. The highest BCUT2D eigenvalue weighted by Crippen LogP contribution is 2.24. The van der Waals surface area contributed by atoms with Gasteiger partial charge in [0.15, 0.2) is 0 Å². The maximum Gasteiger partial charge on any atom is 0.0595 e. The predicted octanol–water partition coefficient (Wildman–Crippen LogP) is -0.600. The summed E-state index contributed by atoms with van der Waals surface area (Å²) in [6, 6.07) is 0.684. The van der Waals surface area contributed by atoms with E-state index < -0.39 is 0 Å². The van der Waals surface area contributed by atoms with Gasteiger partial charge in [-0.25, -0.2) is 0 Å².